The number of aromatic nitrogens is 1. The number of nitrogens with zero attached hydrogens (tertiary/aromatic N) is 2. The van der Waals surface area contributed by atoms with Crippen LogP contribution in [0.15, 0.2) is 24.3 Å². The number of nitro groups is 1. The normalized spacial score (nSPS) is 9.54. The van der Waals surface area contributed by atoms with E-state index in [9.17, 15) is 10.1 Å². The molecule has 0 saturated carbocycles. The van der Waals surface area contributed by atoms with E-state index in [1.807, 2.05) is 18.2 Å². The van der Waals surface area contributed by atoms with Crippen LogP contribution in [0.1, 0.15) is 0 Å². The molecule has 0 aliphatic heterocycles. The predicted octanol–water partition coefficient (Wildman–Crippen LogP) is 1.56. The Bertz CT molecular complexity index is 410. The third kappa shape index (κ3) is 2.33. The van der Waals surface area contributed by atoms with Crippen LogP contribution in [-0.2, 0) is 0 Å². The number of fused-ring (bicyclic) bond motifs is 1. The van der Waals surface area contributed by atoms with Crippen molar-refractivity contribution in [2.45, 2.75) is 0 Å². The van der Waals surface area contributed by atoms with Crippen LogP contribution in [0.2, 0.25) is 0 Å². The van der Waals surface area contributed by atoms with E-state index in [1.54, 1.807) is 6.07 Å². The molecule has 1 heterocycles. The fraction of sp³-hybridized carbons (Fsp3) is 0. The van der Waals surface area contributed by atoms with Gasteiger partial charge in [-0.3, -0.25) is 0 Å². The Morgan fingerprint density at radius 2 is 2.08 bits per heavy atom. The van der Waals surface area contributed by atoms with Gasteiger partial charge in [0.15, 0.2) is 5.52 Å². The van der Waals surface area contributed by atoms with Crippen LogP contribution in [0.3, 0.4) is 0 Å². The van der Waals surface area contributed by atoms with Gasteiger partial charge in [0.2, 0.25) is 0 Å². The molecule has 0 fully saturated rings. The standard InChI is InChI=1S/C7H4N2O2S.K.H/c10-9(11)7-8-5-3-1-2-4-6(5)12-7;;/h1-4H;;. The van der Waals surface area contributed by atoms with Crippen molar-refractivity contribution >= 4 is 78.1 Å². The van der Waals surface area contributed by atoms with Gasteiger partial charge in [0.25, 0.3) is 0 Å². The summed E-state index contributed by atoms with van der Waals surface area (Å²) in [5, 5.41) is 10.3. The molecule has 0 radical (unpaired) electrons. The van der Waals surface area contributed by atoms with Crippen molar-refractivity contribution in [3.8, 4) is 0 Å². The molecular weight excluding hydrogens is 215 g/mol. The first-order valence-corrected chi connectivity index (χ1v) is 4.09. The zero-order valence-corrected chi connectivity index (χ0v) is 6.75. The molecule has 0 spiro atoms. The second kappa shape index (κ2) is 4.58. The second-order valence-electron chi connectivity index (χ2n) is 2.22. The van der Waals surface area contributed by atoms with Crippen molar-refractivity contribution < 1.29 is 4.92 Å². The molecule has 0 aliphatic carbocycles. The summed E-state index contributed by atoms with van der Waals surface area (Å²) in [6, 6.07) is 7.23. The van der Waals surface area contributed by atoms with Crippen molar-refractivity contribution in [1.82, 2.24) is 4.98 Å². The number of hydrogen-bond acceptors (Lipinski definition) is 4. The Morgan fingerprint density at radius 3 is 2.69 bits per heavy atom. The topological polar surface area (TPSA) is 56.0 Å². The van der Waals surface area contributed by atoms with Crippen LogP contribution >= 0.6 is 11.3 Å². The molecule has 2 rings (SSSR count). The summed E-state index contributed by atoms with van der Waals surface area (Å²) < 4.78 is 0.851. The van der Waals surface area contributed by atoms with E-state index < -0.39 is 4.92 Å². The number of benzene rings is 1. The van der Waals surface area contributed by atoms with Gasteiger partial charge >= 0.3 is 56.5 Å². The van der Waals surface area contributed by atoms with Crippen molar-refractivity contribution in [1.29, 1.82) is 0 Å². The first-order chi connectivity index (χ1) is 5.77. The van der Waals surface area contributed by atoms with Gasteiger partial charge in [0, 0.05) is 0 Å². The quantitative estimate of drug-likeness (QED) is 0.416. The summed E-state index contributed by atoms with van der Waals surface area (Å²) in [5.41, 5.74) is 0.689. The van der Waals surface area contributed by atoms with Gasteiger partial charge in [-0.15, -0.1) is 0 Å². The molecule has 1 aromatic heterocycles. The van der Waals surface area contributed by atoms with Crippen LogP contribution < -0.4 is 0 Å². The van der Waals surface area contributed by atoms with E-state index >= 15 is 0 Å². The van der Waals surface area contributed by atoms with Crippen molar-refractivity contribution in [3.63, 3.8) is 0 Å². The van der Waals surface area contributed by atoms with E-state index in [2.05, 4.69) is 4.98 Å². The summed E-state index contributed by atoms with van der Waals surface area (Å²) in [4.78, 5) is 13.7. The van der Waals surface area contributed by atoms with Gasteiger partial charge in [-0.1, -0.05) is 12.1 Å². The molecule has 6 heteroatoms. The molecule has 62 valence electrons. The van der Waals surface area contributed by atoms with Crippen molar-refractivity contribution in [2.24, 2.45) is 0 Å². The minimum atomic E-state index is -0.468. The number of para-hydroxylation sites is 1. The Hall–Kier alpha value is 0.146. The Labute approximate surface area is 121 Å². The summed E-state index contributed by atoms with van der Waals surface area (Å²) in [5.74, 6) is 0. The molecule has 0 aliphatic rings. The monoisotopic (exact) mass is 220 g/mol. The van der Waals surface area contributed by atoms with Gasteiger partial charge in [0.1, 0.15) is 0 Å². The van der Waals surface area contributed by atoms with E-state index in [1.165, 1.54) is 0 Å². The first-order valence-electron chi connectivity index (χ1n) is 3.27. The second-order valence-corrected chi connectivity index (χ2v) is 3.23. The first kappa shape index (κ1) is 11.2. The molecule has 0 N–H and O–H groups in total. The van der Waals surface area contributed by atoms with Crippen LogP contribution in [0, 0.1) is 10.1 Å². The van der Waals surface area contributed by atoms with Gasteiger partial charge in [0.05, 0.1) is 4.70 Å². The molecule has 1 aromatic carbocycles. The maximum atomic E-state index is 10.3. The Kier molecular flexibility index (Phi) is 3.96. The van der Waals surface area contributed by atoms with Crippen LogP contribution in [0.4, 0.5) is 5.13 Å². The zero-order valence-electron chi connectivity index (χ0n) is 5.93. The summed E-state index contributed by atoms with van der Waals surface area (Å²) in [6.45, 7) is 0. The fourth-order valence-electron chi connectivity index (χ4n) is 0.938. The molecule has 0 amide bonds. The number of thiazole rings is 1. The molecule has 0 unspecified atom stereocenters. The predicted molar refractivity (Wildman–Crippen MR) is 53.4 cm³/mol. The van der Waals surface area contributed by atoms with E-state index in [0.717, 1.165) is 16.0 Å². The fourth-order valence-corrected chi connectivity index (χ4v) is 1.72. The summed E-state index contributed by atoms with van der Waals surface area (Å²) in [6.07, 6.45) is 0. The SMILES string of the molecule is O=[N+]([O-])c1nc2ccccc2s1.[KH]. The third-order valence-electron chi connectivity index (χ3n) is 1.44. The third-order valence-corrected chi connectivity index (χ3v) is 2.43. The number of hydrogen-bond donors (Lipinski definition) is 0. The summed E-state index contributed by atoms with van der Waals surface area (Å²) in [7, 11) is 0. The van der Waals surface area contributed by atoms with Crippen molar-refractivity contribution in [3.05, 3.63) is 34.4 Å². The Balaban J connectivity index is 0.000000845. The molecule has 0 atom stereocenters. The van der Waals surface area contributed by atoms with E-state index in [4.69, 9.17) is 0 Å². The van der Waals surface area contributed by atoms with Gasteiger partial charge in [-0.2, -0.15) is 0 Å². The number of rotatable bonds is 1. The summed E-state index contributed by atoms with van der Waals surface area (Å²) >= 11 is 1.10. The van der Waals surface area contributed by atoms with Gasteiger partial charge in [-0.25, -0.2) is 0 Å². The van der Waals surface area contributed by atoms with Gasteiger partial charge < -0.3 is 10.1 Å². The molecule has 13 heavy (non-hydrogen) atoms. The van der Waals surface area contributed by atoms with Crippen molar-refractivity contribution in [2.75, 3.05) is 0 Å². The zero-order chi connectivity index (χ0) is 8.55. The average Bonchev–Trinajstić information content (AvgIpc) is 2.46. The Morgan fingerprint density at radius 1 is 1.38 bits per heavy atom. The maximum absolute atomic E-state index is 10.3. The van der Waals surface area contributed by atoms with Crippen LogP contribution in [0.25, 0.3) is 10.2 Å². The average molecular weight is 220 g/mol. The minimum absolute atomic E-state index is 0. The molecular formula is C7H5KN2O2S. The van der Waals surface area contributed by atoms with E-state index in [0.29, 0.717) is 5.52 Å². The van der Waals surface area contributed by atoms with Gasteiger partial charge in [-0.05, 0) is 33.4 Å². The molecule has 0 bridgehead atoms. The van der Waals surface area contributed by atoms with Crippen LogP contribution in [0.5, 0.6) is 0 Å². The molecule has 2 aromatic rings. The van der Waals surface area contributed by atoms with Crippen LogP contribution in [-0.4, -0.2) is 61.3 Å². The van der Waals surface area contributed by atoms with E-state index in [-0.39, 0.29) is 56.5 Å². The molecule has 0 saturated heterocycles. The molecule has 4 nitrogen and oxygen atoms in total.